The van der Waals surface area contributed by atoms with E-state index in [0.29, 0.717) is 17.7 Å². The van der Waals surface area contributed by atoms with E-state index in [1.807, 2.05) is 49.6 Å². The van der Waals surface area contributed by atoms with Crippen molar-refractivity contribution in [3.05, 3.63) is 81.8 Å². The number of rotatable bonds is 3. The van der Waals surface area contributed by atoms with Crippen LogP contribution in [0.3, 0.4) is 0 Å². The quantitative estimate of drug-likeness (QED) is 0.488. The van der Waals surface area contributed by atoms with Gasteiger partial charge in [0.05, 0.1) is 5.52 Å². The molecule has 0 amide bonds. The molecule has 0 saturated heterocycles. The van der Waals surface area contributed by atoms with Gasteiger partial charge >= 0.3 is 0 Å². The molecule has 0 unspecified atom stereocenters. The summed E-state index contributed by atoms with van der Waals surface area (Å²) in [6.07, 6.45) is 5.46. The summed E-state index contributed by atoms with van der Waals surface area (Å²) in [5.41, 5.74) is 5.23. The number of hydrogen-bond donors (Lipinski definition) is 1. The number of nitrogens with one attached hydrogen (secondary N) is 1. The van der Waals surface area contributed by atoms with E-state index >= 15 is 0 Å². The zero-order chi connectivity index (χ0) is 20.1. The molecule has 0 aliphatic heterocycles. The first-order valence-electron chi connectivity index (χ1n) is 9.25. The number of hydrogen-bond acceptors (Lipinski definition) is 3. The fourth-order valence-corrected chi connectivity index (χ4v) is 3.86. The standard InChI is InChI=1S/C22H18ClN5O/c1-13-26-21-19(28(13)11-14-3-5-16(23)6-4-14)9-15(10-25-21)18-12-27(2)22(29)20-17(18)7-8-24-20/h3-10,12,24H,11H2,1-2H3. The van der Waals surface area contributed by atoms with Gasteiger partial charge in [-0.25, -0.2) is 9.97 Å². The molecule has 0 fully saturated rings. The molecule has 5 rings (SSSR count). The van der Waals surface area contributed by atoms with Crippen molar-refractivity contribution in [2.24, 2.45) is 7.05 Å². The van der Waals surface area contributed by atoms with Gasteiger partial charge in [-0.15, -0.1) is 0 Å². The maximum Gasteiger partial charge on any atom is 0.274 e. The minimum absolute atomic E-state index is 0.0496. The first kappa shape index (κ1) is 17.7. The average molecular weight is 404 g/mol. The van der Waals surface area contributed by atoms with Crippen LogP contribution < -0.4 is 5.56 Å². The molecule has 0 bridgehead atoms. The zero-order valence-corrected chi connectivity index (χ0v) is 16.7. The number of aromatic nitrogens is 5. The Morgan fingerprint density at radius 3 is 2.76 bits per heavy atom. The Balaban J connectivity index is 1.68. The van der Waals surface area contributed by atoms with Gasteiger partial charge in [0.25, 0.3) is 5.56 Å². The first-order chi connectivity index (χ1) is 14.0. The third kappa shape index (κ3) is 2.93. The first-order valence-corrected chi connectivity index (χ1v) is 9.63. The van der Waals surface area contributed by atoms with Crippen molar-refractivity contribution >= 4 is 33.7 Å². The summed E-state index contributed by atoms with van der Waals surface area (Å²) in [5, 5.41) is 1.60. The van der Waals surface area contributed by atoms with Gasteiger partial charge in [-0.2, -0.15) is 0 Å². The van der Waals surface area contributed by atoms with E-state index in [2.05, 4.69) is 25.6 Å². The minimum atomic E-state index is -0.0496. The highest BCUT2D eigenvalue weighted by atomic mass is 35.5. The molecular weight excluding hydrogens is 386 g/mol. The van der Waals surface area contributed by atoms with Gasteiger partial charge in [0.15, 0.2) is 5.65 Å². The summed E-state index contributed by atoms with van der Waals surface area (Å²) in [7, 11) is 1.76. The lowest BCUT2D eigenvalue weighted by molar-refractivity contribution is 0.786. The Morgan fingerprint density at radius 2 is 1.97 bits per heavy atom. The molecule has 7 heteroatoms. The second kappa shape index (κ2) is 6.60. The van der Waals surface area contributed by atoms with Gasteiger partial charge in [-0.05, 0) is 36.8 Å². The zero-order valence-electron chi connectivity index (χ0n) is 16.0. The second-order valence-corrected chi connectivity index (χ2v) is 7.60. The average Bonchev–Trinajstić information content (AvgIpc) is 3.31. The number of fused-ring (bicyclic) bond motifs is 2. The predicted molar refractivity (Wildman–Crippen MR) is 115 cm³/mol. The van der Waals surface area contributed by atoms with E-state index in [9.17, 15) is 4.79 Å². The molecule has 0 spiro atoms. The van der Waals surface area contributed by atoms with Crippen LogP contribution in [0.5, 0.6) is 0 Å². The molecule has 4 heterocycles. The molecule has 0 radical (unpaired) electrons. The number of nitrogens with zero attached hydrogens (tertiary/aromatic N) is 4. The van der Waals surface area contributed by atoms with Crippen molar-refractivity contribution in [2.75, 3.05) is 0 Å². The van der Waals surface area contributed by atoms with Crippen molar-refractivity contribution in [3.8, 4) is 11.1 Å². The highest BCUT2D eigenvalue weighted by Gasteiger charge is 2.14. The van der Waals surface area contributed by atoms with Gasteiger partial charge in [-0.3, -0.25) is 4.79 Å². The van der Waals surface area contributed by atoms with Crippen molar-refractivity contribution in [1.82, 2.24) is 24.1 Å². The molecule has 144 valence electrons. The lowest BCUT2D eigenvalue weighted by Gasteiger charge is -2.09. The summed E-state index contributed by atoms with van der Waals surface area (Å²) in [4.78, 5) is 24.6. The summed E-state index contributed by atoms with van der Waals surface area (Å²) in [6, 6.07) is 11.8. The van der Waals surface area contributed by atoms with Crippen molar-refractivity contribution in [2.45, 2.75) is 13.5 Å². The van der Waals surface area contributed by atoms with Crippen LogP contribution in [-0.4, -0.2) is 24.1 Å². The molecule has 1 N–H and O–H groups in total. The third-order valence-electron chi connectivity index (χ3n) is 5.26. The number of halogens is 1. The van der Waals surface area contributed by atoms with Crippen LogP contribution in [-0.2, 0) is 13.6 Å². The normalized spacial score (nSPS) is 11.6. The number of H-pyrrole nitrogens is 1. The molecule has 6 nitrogen and oxygen atoms in total. The fourth-order valence-electron chi connectivity index (χ4n) is 3.74. The van der Waals surface area contributed by atoms with Crippen LogP contribution in [0.25, 0.3) is 33.2 Å². The topological polar surface area (TPSA) is 68.5 Å². The highest BCUT2D eigenvalue weighted by Crippen LogP contribution is 2.28. The summed E-state index contributed by atoms with van der Waals surface area (Å²) in [6.45, 7) is 2.66. The largest absolute Gasteiger partial charge is 0.357 e. The van der Waals surface area contributed by atoms with Crippen LogP contribution in [0.1, 0.15) is 11.4 Å². The number of imidazole rings is 1. The van der Waals surface area contributed by atoms with Crippen LogP contribution in [0.2, 0.25) is 5.02 Å². The Bertz CT molecular complexity index is 1430. The van der Waals surface area contributed by atoms with Crippen molar-refractivity contribution in [3.63, 3.8) is 0 Å². The van der Waals surface area contributed by atoms with E-state index in [0.717, 1.165) is 38.4 Å². The Kier molecular flexibility index (Phi) is 4.03. The number of pyridine rings is 2. The van der Waals surface area contributed by atoms with Crippen molar-refractivity contribution in [1.29, 1.82) is 0 Å². The Labute approximate surface area is 171 Å². The van der Waals surface area contributed by atoms with Crippen LogP contribution in [0.15, 0.2) is 59.8 Å². The third-order valence-corrected chi connectivity index (χ3v) is 5.51. The minimum Gasteiger partial charge on any atom is -0.357 e. The number of aromatic amines is 1. The molecule has 4 aromatic heterocycles. The van der Waals surface area contributed by atoms with Gasteiger partial charge in [0, 0.05) is 53.7 Å². The van der Waals surface area contributed by atoms with E-state index in [4.69, 9.17) is 11.6 Å². The summed E-state index contributed by atoms with van der Waals surface area (Å²) in [5.74, 6) is 0.895. The summed E-state index contributed by atoms with van der Waals surface area (Å²) >= 11 is 6.01. The fraction of sp³-hybridized carbons (Fsp3) is 0.136. The van der Waals surface area contributed by atoms with E-state index < -0.39 is 0 Å². The molecule has 29 heavy (non-hydrogen) atoms. The maximum absolute atomic E-state index is 12.4. The maximum atomic E-state index is 12.4. The van der Waals surface area contributed by atoms with Gasteiger partial charge in [0.1, 0.15) is 11.3 Å². The van der Waals surface area contributed by atoms with Crippen LogP contribution >= 0.6 is 11.6 Å². The molecular formula is C22H18ClN5O. The smallest absolute Gasteiger partial charge is 0.274 e. The van der Waals surface area contributed by atoms with E-state index in [1.165, 1.54) is 0 Å². The lowest BCUT2D eigenvalue weighted by Crippen LogP contribution is -2.16. The lowest BCUT2D eigenvalue weighted by atomic mass is 10.1. The molecule has 0 aliphatic carbocycles. The molecule has 0 atom stereocenters. The van der Waals surface area contributed by atoms with Gasteiger partial charge in [0.2, 0.25) is 0 Å². The van der Waals surface area contributed by atoms with Gasteiger partial charge < -0.3 is 14.1 Å². The Morgan fingerprint density at radius 1 is 1.17 bits per heavy atom. The van der Waals surface area contributed by atoms with Gasteiger partial charge in [-0.1, -0.05) is 23.7 Å². The monoisotopic (exact) mass is 403 g/mol. The molecule has 5 aromatic rings. The number of benzene rings is 1. The molecule has 1 aromatic carbocycles. The second-order valence-electron chi connectivity index (χ2n) is 7.16. The number of aryl methyl sites for hydroxylation is 2. The van der Waals surface area contributed by atoms with E-state index in [1.54, 1.807) is 17.8 Å². The van der Waals surface area contributed by atoms with Crippen LogP contribution in [0.4, 0.5) is 0 Å². The van der Waals surface area contributed by atoms with E-state index in [-0.39, 0.29) is 5.56 Å². The Hall–Kier alpha value is -3.38. The predicted octanol–water partition coefficient (Wildman–Crippen LogP) is 4.29. The summed E-state index contributed by atoms with van der Waals surface area (Å²) < 4.78 is 3.74. The van der Waals surface area contributed by atoms with Crippen molar-refractivity contribution < 1.29 is 0 Å². The molecule has 0 saturated carbocycles. The molecule has 0 aliphatic rings. The highest BCUT2D eigenvalue weighted by molar-refractivity contribution is 6.30. The van der Waals surface area contributed by atoms with Crippen LogP contribution in [0, 0.1) is 6.92 Å². The SMILES string of the molecule is Cc1nc2ncc(-c3cn(C)c(=O)c4[nH]ccc34)cc2n1Cc1ccc(Cl)cc1.